The quantitative estimate of drug-likeness (QED) is 0.326. The van der Waals surface area contributed by atoms with Crippen LogP contribution >= 0.6 is 0 Å². The molecule has 1 atom stereocenters. The van der Waals surface area contributed by atoms with E-state index in [1.807, 2.05) is 0 Å². The number of hydrogen-bond acceptors (Lipinski definition) is 10. The van der Waals surface area contributed by atoms with Gasteiger partial charge in [0.1, 0.15) is 12.7 Å². The molecular weight excluding hydrogens is 463 g/mol. The highest BCUT2D eigenvalue weighted by molar-refractivity contribution is 7.87. The molecular formula is C17H14F3N3O8S. The van der Waals surface area contributed by atoms with Gasteiger partial charge in [-0.25, -0.2) is 9.18 Å². The molecule has 1 saturated heterocycles. The summed E-state index contributed by atoms with van der Waals surface area (Å²) in [5.41, 5.74) is -0.367. The van der Waals surface area contributed by atoms with Crippen LogP contribution in [0.15, 0.2) is 29.4 Å². The third kappa shape index (κ3) is 5.21. The van der Waals surface area contributed by atoms with Crippen molar-refractivity contribution in [2.75, 3.05) is 6.61 Å². The zero-order valence-electron chi connectivity index (χ0n) is 15.9. The Morgan fingerprint density at radius 2 is 1.81 bits per heavy atom. The smallest absolute Gasteiger partial charge is 0.423 e. The van der Waals surface area contributed by atoms with Crippen molar-refractivity contribution >= 4 is 33.7 Å². The average molecular weight is 477 g/mol. The number of alkyl halides is 3. The van der Waals surface area contributed by atoms with Crippen LogP contribution in [-0.2, 0) is 35.3 Å². The van der Waals surface area contributed by atoms with E-state index < -0.39 is 51.8 Å². The topological polar surface area (TPSA) is 163 Å². The molecule has 172 valence electrons. The molecule has 1 N–H and O–H groups in total. The van der Waals surface area contributed by atoms with E-state index in [0.717, 1.165) is 0 Å². The standard InChI is InChI=1S/C17H14F3N3O8S/c18-13(9-30-16(27)23-14(25)5-6-15(23)26)17(19,20)32(28,29)31-22-12(7-21)11-3-1-10(8-24)2-4-11/h1-4,13,24H,5-6,8-9H2/b22-12-. The summed E-state index contributed by atoms with van der Waals surface area (Å²) >= 11 is 0. The molecule has 0 spiro atoms. The summed E-state index contributed by atoms with van der Waals surface area (Å²) in [5, 5.41) is 15.5. The molecule has 1 aromatic carbocycles. The Kier molecular flexibility index (Phi) is 7.54. The molecule has 1 aliphatic heterocycles. The normalized spacial score (nSPS) is 16.0. The molecule has 2 rings (SSSR count). The predicted octanol–water partition coefficient (Wildman–Crippen LogP) is 0.969. The minimum Gasteiger partial charge on any atom is -0.445 e. The van der Waals surface area contributed by atoms with Crippen molar-refractivity contribution in [1.29, 1.82) is 5.26 Å². The Labute approximate surface area is 178 Å². The Hall–Kier alpha value is -3.51. The summed E-state index contributed by atoms with van der Waals surface area (Å²) in [7, 11) is -6.10. The van der Waals surface area contributed by atoms with Gasteiger partial charge in [-0.05, 0) is 5.56 Å². The second-order valence-corrected chi connectivity index (χ2v) is 7.77. The maximum absolute atomic E-state index is 14.0. The highest BCUT2D eigenvalue weighted by atomic mass is 32.2. The number of amides is 3. The number of likely N-dealkylation sites (tertiary alicyclic amines) is 1. The molecule has 1 fully saturated rings. The van der Waals surface area contributed by atoms with Crippen LogP contribution in [0.1, 0.15) is 24.0 Å². The number of aliphatic hydroxyl groups is 1. The molecule has 32 heavy (non-hydrogen) atoms. The van der Waals surface area contributed by atoms with Gasteiger partial charge in [-0.2, -0.15) is 27.4 Å². The van der Waals surface area contributed by atoms with E-state index in [1.54, 1.807) is 0 Å². The molecule has 1 aromatic rings. The van der Waals surface area contributed by atoms with Crippen LogP contribution in [0.5, 0.6) is 0 Å². The largest absolute Gasteiger partial charge is 0.445 e. The molecule has 0 aliphatic carbocycles. The first kappa shape index (κ1) is 24.8. The van der Waals surface area contributed by atoms with Gasteiger partial charge in [0.2, 0.25) is 18.0 Å². The highest BCUT2D eigenvalue weighted by Gasteiger charge is 2.56. The van der Waals surface area contributed by atoms with Crippen LogP contribution in [0.4, 0.5) is 18.0 Å². The highest BCUT2D eigenvalue weighted by Crippen LogP contribution is 2.30. The number of nitrogens with zero attached hydrogens (tertiary/aromatic N) is 3. The Morgan fingerprint density at radius 1 is 1.25 bits per heavy atom. The number of imide groups is 3. The van der Waals surface area contributed by atoms with Gasteiger partial charge < -0.3 is 9.84 Å². The summed E-state index contributed by atoms with van der Waals surface area (Å²) in [5.74, 6) is -1.97. The second-order valence-electron chi connectivity index (χ2n) is 6.16. The number of oxime groups is 1. The summed E-state index contributed by atoms with van der Waals surface area (Å²) in [4.78, 5) is 34.3. The summed E-state index contributed by atoms with van der Waals surface area (Å²) in [6, 6.07) is 6.53. The zero-order chi connectivity index (χ0) is 24.1. The van der Waals surface area contributed by atoms with Crippen LogP contribution in [0, 0.1) is 11.3 Å². The number of rotatable bonds is 8. The Balaban J connectivity index is 2.08. The first-order chi connectivity index (χ1) is 14.9. The molecule has 0 aromatic heterocycles. The molecule has 1 heterocycles. The molecule has 0 bridgehead atoms. The number of aliphatic hydroxyl groups excluding tert-OH is 1. The van der Waals surface area contributed by atoms with Crippen LogP contribution in [-0.4, -0.2) is 60.1 Å². The molecule has 1 aliphatic rings. The maximum Gasteiger partial charge on any atom is 0.423 e. The summed E-state index contributed by atoms with van der Waals surface area (Å²) < 4.78 is 73.3. The van der Waals surface area contributed by atoms with Gasteiger partial charge in [-0.15, -0.1) is 0 Å². The van der Waals surface area contributed by atoms with E-state index in [9.17, 15) is 36.0 Å². The van der Waals surface area contributed by atoms with Crippen molar-refractivity contribution in [3.05, 3.63) is 35.4 Å². The van der Waals surface area contributed by atoms with Gasteiger partial charge >= 0.3 is 21.5 Å². The zero-order valence-corrected chi connectivity index (χ0v) is 16.7. The van der Waals surface area contributed by atoms with E-state index in [4.69, 9.17) is 10.4 Å². The molecule has 11 nitrogen and oxygen atoms in total. The third-order valence-corrected chi connectivity index (χ3v) is 5.22. The van der Waals surface area contributed by atoms with Gasteiger partial charge in [-0.1, -0.05) is 29.4 Å². The van der Waals surface area contributed by atoms with E-state index in [-0.39, 0.29) is 29.9 Å². The van der Waals surface area contributed by atoms with Gasteiger partial charge in [-0.3, -0.25) is 13.9 Å². The van der Waals surface area contributed by atoms with Crippen molar-refractivity contribution in [2.24, 2.45) is 5.16 Å². The lowest BCUT2D eigenvalue weighted by atomic mass is 10.1. The van der Waals surface area contributed by atoms with Gasteiger partial charge in [0, 0.05) is 18.4 Å². The molecule has 15 heteroatoms. The Bertz CT molecular complexity index is 1070. The fraction of sp³-hybridized carbons (Fsp3) is 0.353. The van der Waals surface area contributed by atoms with Gasteiger partial charge in [0.15, 0.2) is 5.71 Å². The van der Waals surface area contributed by atoms with Crippen LogP contribution in [0.2, 0.25) is 0 Å². The second kappa shape index (κ2) is 9.75. The number of nitriles is 1. The summed E-state index contributed by atoms with van der Waals surface area (Å²) in [6.45, 7) is -2.16. The molecule has 1 unspecified atom stereocenters. The fourth-order valence-electron chi connectivity index (χ4n) is 2.28. The Morgan fingerprint density at radius 3 is 2.31 bits per heavy atom. The SMILES string of the molecule is N#C/C(=N/OS(=O)(=O)C(F)(F)C(F)COC(=O)N1C(=O)CCC1=O)c1ccc(CO)cc1. The molecule has 3 amide bonds. The van der Waals surface area contributed by atoms with Crippen LogP contribution in [0.3, 0.4) is 0 Å². The van der Waals surface area contributed by atoms with Gasteiger partial charge in [0.05, 0.1) is 6.61 Å². The van der Waals surface area contributed by atoms with E-state index in [0.29, 0.717) is 5.56 Å². The minimum absolute atomic E-state index is 0.0125. The number of benzene rings is 1. The third-order valence-electron chi connectivity index (χ3n) is 4.03. The number of carbonyl (C=O) groups excluding carboxylic acids is 3. The fourth-order valence-corrected chi connectivity index (χ4v) is 2.94. The van der Waals surface area contributed by atoms with Crippen molar-refractivity contribution in [2.45, 2.75) is 30.9 Å². The molecule has 0 saturated carbocycles. The minimum atomic E-state index is -6.10. The van der Waals surface area contributed by atoms with Gasteiger partial charge in [0.25, 0.3) is 0 Å². The lowest BCUT2D eigenvalue weighted by molar-refractivity contribution is -0.136. The maximum atomic E-state index is 14.0. The van der Waals surface area contributed by atoms with Crippen molar-refractivity contribution in [1.82, 2.24) is 4.90 Å². The van der Waals surface area contributed by atoms with Crippen LogP contribution < -0.4 is 0 Å². The van der Waals surface area contributed by atoms with Crippen LogP contribution in [0.25, 0.3) is 0 Å². The molecule has 0 radical (unpaired) electrons. The number of ether oxygens (including phenoxy) is 1. The monoisotopic (exact) mass is 477 g/mol. The van der Waals surface area contributed by atoms with Crippen molar-refractivity contribution in [3.8, 4) is 6.07 Å². The first-order valence-electron chi connectivity index (χ1n) is 8.60. The lowest BCUT2D eigenvalue weighted by Crippen LogP contribution is -2.44. The lowest BCUT2D eigenvalue weighted by Gasteiger charge is -2.19. The number of hydrogen-bond donors (Lipinski definition) is 1. The van der Waals surface area contributed by atoms with Crippen molar-refractivity contribution in [3.63, 3.8) is 0 Å². The number of carbonyl (C=O) groups is 3. The van der Waals surface area contributed by atoms with E-state index >= 15 is 0 Å². The van der Waals surface area contributed by atoms with Crippen molar-refractivity contribution < 1.29 is 50.1 Å². The average Bonchev–Trinajstić information content (AvgIpc) is 3.10. The summed E-state index contributed by atoms with van der Waals surface area (Å²) in [6.07, 6.45) is -6.04. The predicted molar refractivity (Wildman–Crippen MR) is 96.8 cm³/mol. The first-order valence-corrected chi connectivity index (χ1v) is 10.0. The number of halogens is 3. The van der Waals surface area contributed by atoms with E-state index in [2.05, 4.69) is 14.2 Å². The van der Waals surface area contributed by atoms with E-state index in [1.165, 1.54) is 30.3 Å².